The van der Waals surface area contributed by atoms with Gasteiger partial charge in [-0.1, -0.05) is 0 Å². The second kappa shape index (κ2) is 5.59. The molecule has 0 aromatic heterocycles. The van der Waals surface area contributed by atoms with E-state index in [0.717, 1.165) is 12.8 Å². The molecule has 2 rings (SSSR count). The number of rotatable bonds is 3. The highest BCUT2D eigenvalue weighted by Crippen LogP contribution is 2.24. The Hall–Kier alpha value is -1.59. The van der Waals surface area contributed by atoms with Crippen molar-refractivity contribution >= 4 is 17.8 Å². The second-order valence-corrected chi connectivity index (χ2v) is 5.21. The Kier molecular flexibility index (Phi) is 4.07. The van der Waals surface area contributed by atoms with Crippen LogP contribution in [0.2, 0.25) is 0 Å². The second-order valence-electron chi connectivity index (χ2n) is 5.21. The van der Waals surface area contributed by atoms with Crippen LogP contribution in [0.1, 0.15) is 32.6 Å². The number of nitrogens with zero attached hydrogens (tertiary/aromatic N) is 2. The van der Waals surface area contributed by atoms with Gasteiger partial charge in [0.1, 0.15) is 6.04 Å². The van der Waals surface area contributed by atoms with Gasteiger partial charge in [-0.2, -0.15) is 0 Å². The molecule has 1 unspecified atom stereocenters. The minimum absolute atomic E-state index is 0.00951. The highest BCUT2D eigenvalue weighted by Gasteiger charge is 2.40. The van der Waals surface area contributed by atoms with Gasteiger partial charge in [0.05, 0.1) is 5.92 Å². The summed E-state index contributed by atoms with van der Waals surface area (Å²) in [5.41, 5.74) is 0. The van der Waals surface area contributed by atoms with E-state index < -0.39 is 12.0 Å². The van der Waals surface area contributed by atoms with E-state index in [1.165, 1.54) is 4.90 Å². The smallest absolute Gasteiger partial charge is 0.326 e. The number of carbonyl (C=O) groups is 3. The van der Waals surface area contributed by atoms with Gasteiger partial charge in [0, 0.05) is 26.1 Å². The van der Waals surface area contributed by atoms with E-state index in [9.17, 15) is 19.5 Å². The van der Waals surface area contributed by atoms with Gasteiger partial charge in [0.25, 0.3) is 0 Å². The molecule has 0 aromatic rings. The molecule has 2 aliphatic rings. The molecule has 2 fully saturated rings. The summed E-state index contributed by atoms with van der Waals surface area (Å²) in [6, 6.07) is -0.716. The average Bonchev–Trinajstić information content (AvgIpc) is 2.79. The molecule has 2 amide bonds. The van der Waals surface area contributed by atoms with Crippen molar-refractivity contribution in [2.45, 2.75) is 38.6 Å². The van der Waals surface area contributed by atoms with Crippen molar-refractivity contribution in [3.63, 3.8) is 0 Å². The lowest BCUT2D eigenvalue weighted by molar-refractivity contribution is -0.153. The third-order valence-corrected chi connectivity index (χ3v) is 4.02. The summed E-state index contributed by atoms with van der Waals surface area (Å²) >= 11 is 0. The summed E-state index contributed by atoms with van der Waals surface area (Å²) in [6.07, 6.45) is 2.41. The first-order valence-electron chi connectivity index (χ1n) is 6.85. The van der Waals surface area contributed by atoms with Crippen LogP contribution in [0.5, 0.6) is 0 Å². The van der Waals surface area contributed by atoms with Crippen LogP contribution in [0.3, 0.4) is 0 Å². The molecular formula is C13H20N2O4. The molecule has 0 spiro atoms. The summed E-state index contributed by atoms with van der Waals surface area (Å²) in [7, 11) is 0. The third-order valence-electron chi connectivity index (χ3n) is 4.02. The Morgan fingerprint density at radius 2 is 2.11 bits per heavy atom. The maximum atomic E-state index is 12.4. The summed E-state index contributed by atoms with van der Waals surface area (Å²) < 4.78 is 0. The SMILES string of the molecule is CCN1CC(C(=O)N2CCCC[C@H]2C(=O)O)CC1=O. The lowest BCUT2D eigenvalue weighted by Crippen LogP contribution is -2.50. The fraction of sp³-hybridized carbons (Fsp3) is 0.769. The van der Waals surface area contributed by atoms with Gasteiger partial charge in [0.2, 0.25) is 11.8 Å². The monoisotopic (exact) mass is 268 g/mol. The molecule has 2 aliphatic heterocycles. The van der Waals surface area contributed by atoms with Crippen molar-refractivity contribution in [1.82, 2.24) is 9.80 Å². The minimum atomic E-state index is -0.940. The van der Waals surface area contributed by atoms with Gasteiger partial charge in [0.15, 0.2) is 0 Å². The lowest BCUT2D eigenvalue weighted by atomic mass is 9.98. The lowest BCUT2D eigenvalue weighted by Gasteiger charge is -2.34. The first-order valence-corrected chi connectivity index (χ1v) is 6.85. The number of amides is 2. The molecule has 0 bridgehead atoms. The Bertz CT molecular complexity index is 396. The van der Waals surface area contributed by atoms with Crippen LogP contribution in [0.25, 0.3) is 0 Å². The summed E-state index contributed by atoms with van der Waals surface area (Å²) in [4.78, 5) is 38.4. The van der Waals surface area contributed by atoms with Gasteiger partial charge >= 0.3 is 5.97 Å². The summed E-state index contributed by atoms with van der Waals surface area (Å²) in [6.45, 7) is 3.40. The molecule has 2 atom stereocenters. The van der Waals surface area contributed by atoms with E-state index in [1.807, 2.05) is 6.92 Å². The van der Waals surface area contributed by atoms with E-state index in [2.05, 4.69) is 0 Å². The van der Waals surface area contributed by atoms with Crippen molar-refractivity contribution in [3.05, 3.63) is 0 Å². The Morgan fingerprint density at radius 1 is 1.37 bits per heavy atom. The molecule has 2 saturated heterocycles. The quantitative estimate of drug-likeness (QED) is 0.799. The van der Waals surface area contributed by atoms with E-state index in [1.54, 1.807) is 4.90 Å². The minimum Gasteiger partial charge on any atom is -0.480 e. The van der Waals surface area contributed by atoms with Gasteiger partial charge < -0.3 is 14.9 Å². The van der Waals surface area contributed by atoms with Gasteiger partial charge in [-0.3, -0.25) is 9.59 Å². The first kappa shape index (κ1) is 13.8. The number of carbonyl (C=O) groups excluding carboxylic acids is 2. The molecule has 2 heterocycles. The van der Waals surface area contributed by atoms with Crippen LogP contribution >= 0.6 is 0 Å². The molecule has 0 radical (unpaired) electrons. The Balaban J connectivity index is 2.06. The molecule has 0 aliphatic carbocycles. The van der Waals surface area contributed by atoms with Crippen LogP contribution < -0.4 is 0 Å². The zero-order valence-electron chi connectivity index (χ0n) is 11.2. The van der Waals surface area contributed by atoms with Crippen LogP contribution in [-0.2, 0) is 14.4 Å². The van der Waals surface area contributed by atoms with Crippen molar-refractivity contribution < 1.29 is 19.5 Å². The number of carboxylic acids is 1. The van der Waals surface area contributed by atoms with Crippen molar-refractivity contribution in [3.8, 4) is 0 Å². The number of likely N-dealkylation sites (tertiary alicyclic amines) is 2. The standard InChI is InChI=1S/C13H20N2O4/c1-2-14-8-9(7-11(14)16)12(17)15-6-4-3-5-10(15)13(18)19/h9-10H,2-8H2,1H3,(H,18,19)/t9?,10-/m0/s1. The molecule has 0 aromatic carbocycles. The molecule has 19 heavy (non-hydrogen) atoms. The molecule has 1 N–H and O–H groups in total. The fourth-order valence-corrected chi connectivity index (χ4v) is 2.93. The van der Waals surface area contributed by atoms with Gasteiger partial charge in [-0.15, -0.1) is 0 Å². The molecular weight excluding hydrogens is 248 g/mol. The Labute approximate surface area is 112 Å². The summed E-state index contributed by atoms with van der Waals surface area (Å²) in [5, 5.41) is 9.18. The van der Waals surface area contributed by atoms with Crippen molar-refractivity contribution in [1.29, 1.82) is 0 Å². The number of hydrogen-bond acceptors (Lipinski definition) is 3. The molecule has 6 heteroatoms. The van der Waals surface area contributed by atoms with E-state index in [-0.39, 0.29) is 24.2 Å². The van der Waals surface area contributed by atoms with Crippen LogP contribution in [-0.4, -0.2) is 58.4 Å². The van der Waals surface area contributed by atoms with Crippen LogP contribution in [0.4, 0.5) is 0 Å². The third kappa shape index (κ3) is 2.72. The van der Waals surface area contributed by atoms with E-state index >= 15 is 0 Å². The number of hydrogen-bond donors (Lipinski definition) is 1. The van der Waals surface area contributed by atoms with E-state index in [4.69, 9.17) is 0 Å². The maximum absolute atomic E-state index is 12.4. The predicted octanol–water partition coefficient (Wildman–Crippen LogP) is 0.320. The maximum Gasteiger partial charge on any atom is 0.326 e. The van der Waals surface area contributed by atoms with Crippen LogP contribution in [0.15, 0.2) is 0 Å². The Morgan fingerprint density at radius 3 is 2.68 bits per heavy atom. The number of aliphatic carboxylic acids is 1. The van der Waals surface area contributed by atoms with Crippen molar-refractivity contribution in [2.75, 3.05) is 19.6 Å². The number of piperidine rings is 1. The highest BCUT2D eigenvalue weighted by molar-refractivity contribution is 5.91. The molecule has 106 valence electrons. The topological polar surface area (TPSA) is 77.9 Å². The van der Waals surface area contributed by atoms with Crippen molar-refractivity contribution in [2.24, 2.45) is 5.92 Å². The molecule has 6 nitrogen and oxygen atoms in total. The normalized spacial score (nSPS) is 27.7. The molecule has 0 saturated carbocycles. The number of carboxylic acid groups (broad SMARTS) is 1. The summed E-state index contributed by atoms with van der Waals surface area (Å²) in [5.74, 6) is -1.49. The van der Waals surface area contributed by atoms with E-state index in [0.29, 0.717) is 26.1 Å². The van der Waals surface area contributed by atoms with Gasteiger partial charge in [-0.05, 0) is 26.2 Å². The largest absolute Gasteiger partial charge is 0.480 e. The zero-order valence-corrected chi connectivity index (χ0v) is 11.2. The van der Waals surface area contributed by atoms with Gasteiger partial charge in [-0.25, -0.2) is 4.79 Å². The first-order chi connectivity index (χ1) is 9.04. The predicted molar refractivity (Wildman–Crippen MR) is 67.3 cm³/mol. The zero-order chi connectivity index (χ0) is 14.0. The van der Waals surface area contributed by atoms with Crippen LogP contribution in [0, 0.1) is 5.92 Å². The average molecular weight is 268 g/mol. The highest BCUT2D eigenvalue weighted by atomic mass is 16.4. The fourth-order valence-electron chi connectivity index (χ4n) is 2.93.